The summed E-state index contributed by atoms with van der Waals surface area (Å²) >= 11 is 0. The van der Waals surface area contributed by atoms with E-state index in [0.717, 1.165) is 22.6 Å². The lowest BCUT2D eigenvalue weighted by Gasteiger charge is -2.14. The zero-order valence-electron chi connectivity index (χ0n) is 15.8. The van der Waals surface area contributed by atoms with E-state index in [0.29, 0.717) is 5.69 Å². The SMILES string of the molecule is CC(=O)Nc1ccc(Nc2ccnc(C(=O)NC(C)c3ccccc3)c2)cc1. The highest BCUT2D eigenvalue weighted by Gasteiger charge is 2.13. The zero-order chi connectivity index (χ0) is 19.9. The van der Waals surface area contributed by atoms with Crippen molar-refractivity contribution in [2.24, 2.45) is 0 Å². The fourth-order valence-electron chi connectivity index (χ4n) is 2.73. The summed E-state index contributed by atoms with van der Waals surface area (Å²) in [5.41, 5.74) is 3.68. The summed E-state index contributed by atoms with van der Waals surface area (Å²) in [6.45, 7) is 3.40. The molecule has 1 heterocycles. The zero-order valence-corrected chi connectivity index (χ0v) is 15.8. The molecule has 0 aliphatic carbocycles. The van der Waals surface area contributed by atoms with Crippen molar-refractivity contribution in [3.8, 4) is 0 Å². The molecule has 28 heavy (non-hydrogen) atoms. The molecule has 6 nitrogen and oxygen atoms in total. The van der Waals surface area contributed by atoms with Crippen LogP contribution in [-0.2, 0) is 4.79 Å². The molecule has 3 rings (SSSR count). The van der Waals surface area contributed by atoms with E-state index in [9.17, 15) is 9.59 Å². The monoisotopic (exact) mass is 374 g/mol. The molecule has 0 spiro atoms. The van der Waals surface area contributed by atoms with E-state index in [2.05, 4.69) is 20.9 Å². The third-order valence-electron chi connectivity index (χ3n) is 4.13. The normalized spacial score (nSPS) is 11.4. The number of nitrogens with zero attached hydrogens (tertiary/aromatic N) is 1. The van der Waals surface area contributed by atoms with Gasteiger partial charge in [-0.05, 0) is 48.9 Å². The summed E-state index contributed by atoms with van der Waals surface area (Å²) in [7, 11) is 0. The van der Waals surface area contributed by atoms with Crippen LogP contribution in [0.15, 0.2) is 72.9 Å². The molecule has 0 fully saturated rings. The number of carbonyl (C=O) groups excluding carboxylic acids is 2. The number of aromatic nitrogens is 1. The molecule has 0 saturated heterocycles. The van der Waals surface area contributed by atoms with Crippen LogP contribution in [0.25, 0.3) is 0 Å². The first-order valence-electron chi connectivity index (χ1n) is 8.98. The lowest BCUT2D eigenvalue weighted by molar-refractivity contribution is -0.114. The summed E-state index contributed by atoms with van der Waals surface area (Å²) in [6.07, 6.45) is 1.59. The number of pyridine rings is 1. The highest BCUT2D eigenvalue weighted by molar-refractivity contribution is 5.93. The van der Waals surface area contributed by atoms with Gasteiger partial charge in [0.25, 0.3) is 5.91 Å². The number of benzene rings is 2. The van der Waals surface area contributed by atoms with Gasteiger partial charge in [-0.25, -0.2) is 0 Å². The number of nitrogens with one attached hydrogen (secondary N) is 3. The van der Waals surface area contributed by atoms with Crippen LogP contribution in [0.1, 0.15) is 35.9 Å². The molecule has 3 aromatic rings. The van der Waals surface area contributed by atoms with Gasteiger partial charge >= 0.3 is 0 Å². The molecule has 0 saturated carbocycles. The summed E-state index contributed by atoms with van der Waals surface area (Å²) < 4.78 is 0. The molecule has 0 radical (unpaired) electrons. The third-order valence-corrected chi connectivity index (χ3v) is 4.13. The summed E-state index contributed by atoms with van der Waals surface area (Å²) in [6, 6.07) is 20.5. The molecule has 3 N–H and O–H groups in total. The van der Waals surface area contributed by atoms with E-state index in [1.807, 2.05) is 49.4 Å². The largest absolute Gasteiger partial charge is 0.355 e. The first kappa shape index (κ1) is 19.1. The van der Waals surface area contributed by atoms with Crippen molar-refractivity contribution >= 4 is 28.9 Å². The highest BCUT2D eigenvalue weighted by atomic mass is 16.2. The third kappa shape index (κ3) is 5.17. The predicted octanol–water partition coefficient (Wildman–Crippen LogP) is 4.27. The van der Waals surface area contributed by atoms with E-state index in [-0.39, 0.29) is 17.9 Å². The second kappa shape index (κ2) is 8.81. The molecule has 0 aliphatic rings. The molecule has 0 aliphatic heterocycles. The summed E-state index contributed by atoms with van der Waals surface area (Å²) in [4.78, 5) is 27.8. The van der Waals surface area contributed by atoms with Crippen LogP contribution in [0.4, 0.5) is 17.1 Å². The molecule has 0 bridgehead atoms. The van der Waals surface area contributed by atoms with Gasteiger partial charge in [-0.3, -0.25) is 14.6 Å². The maximum Gasteiger partial charge on any atom is 0.270 e. The lowest BCUT2D eigenvalue weighted by atomic mass is 10.1. The minimum Gasteiger partial charge on any atom is -0.355 e. The average Bonchev–Trinajstić information content (AvgIpc) is 2.70. The molecular weight excluding hydrogens is 352 g/mol. The summed E-state index contributed by atoms with van der Waals surface area (Å²) in [5.74, 6) is -0.351. The first-order valence-corrected chi connectivity index (χ1v) is 8.98. The van der Waals surface area contributed by atoms with Gasteiger partial charge in [0.1, 0.15) is 5.69 Å². The lowest BCUT2D eigenvalue weighted by Crippen LogP contribution is -2.27. The van der Waals surface area contributed by atoms with Crippen LogP contribution in [0.2, 0.25) is 0 Å². The number of amides is 2. The number of hydrogen-bond donors (Lipinski definition) is 3. The fraction of sp³-hybridized carbons (Fsp3) is 0.136. The van der Waals surface area contributed by atoms with Crippen LogP contribution in [0.3, 0.4) is 0 Å². The van der Waals surface area contributed by atoms with Crippen molar-refractivity contribution in [3.05, 3.63) is 84.2 Å². The number of hydrogen-bond acceptors (Lipinski definition) is 4. The maximum atomic E-state index is 12.5. The van der Waals surface area contributed by atoms with Crippen molar-refractivity contribution < 1.29 is 9.59 Å². The average molecular weight is 374 g/mol. The van der Waals surface area contributed by atoms with Crippen molar-refractivity contribution in [1.29, 1.82) is 0 Å². The molecule has 6 heteroatoms. The van der Waals surface area contributed by atoms with Crippen molar-refractivity contribution in [1.82, 2.24) is 10.3 Å². The van der Waals surface area contributed by atoms with Crippen molar-refractivity contribution in [3.63, 3.8) is 0 Å². The van der Waals surface area contributed by atoms with E-state index < -0.39 is 0 Å². The molecule has 2 amide bonds. The minimum atomic E-state index is -0.235. The molecule has 1 unspecified atom stereocenters. The van der Waals surface area contributed by atoms with Crippen LogP contribution in [0.5, 0.6) is 0 Å². The van der Waals surface area contributed by atoms with Gasteiger partial charge in [-0.1, -0.05) is 30.3 Å². The van der Waals surface area contributed by atoms with E-state index >= 15 is 0 Å². The Bertz CT molecular complexity index is 956. The molecule has 1 atom stereocenters. The highest BCUT2D eigenvalue weighted by Crippen LogP contribution is 2.20. The Morgan fingerprint density at radius 1 is 0.893 bits per heavy atom. The number of rotatable bonds is 6. The summed E-state index contributed by atoms with van der Waals surface area (Å²) in [5, 5.41) is 8.91. The quantitative estimate of drug-likeness (QED) is 0.601. The van der Waals surface area contributed by atoms with Crippen LogP contribution >= 0.6 is 0 Å². The Morgan fingerprint density at radius 2 is 1.57 bits per heavy atom. The molecule has 2 aromatic carbocycles. The Morgan fingerprint density at radius 3 is 2.25 bits per heavy atom. The predicted molar refractivity (Wildman–Crippen MR) is 111 cm³/mol. The van der Waals surface area contributed by atoms with Gasteiger partial charge in [0.2, 0.25) is 5.91 Å². The van der Waals surface area contributed by atoms with Crippen LogP contribution < -0.4 is 16.0 Å². The topological polar surface area (TPSA) is 83.1 Å². The minimum absolute atomic E-state index is 0.116. The standard InChI is InChI=1S/C22H22N4O2/c1-15(17-6-4-3-5-7-17)24-22(28)21-14-20(12-13-23-21)26-19-10-8-18(9-11-19)25-16(2)27/h3-15H,1-2H3,(H,23,26)(H,24,28)(H,25,27). The van der Waals surface area contributed by atoms with Crippen LogP contribution in [0, 0.1) is 0 Å². The fourth-order valence-corrected chi connectivity index (χ4v) is 2.73. The van der Waals surface area contributed by atoms with Crippen LogP contribution in [-0.4, -0.2) is 16.8 Å². The Kier molecular flexibility index (Phi) is 6.01. The van der Waals surface area contributed by atoms with Crippen molar-refractivity contribution in [2.75, 3.05) is 10.6 Å². The van der Waals surface area contributed by atoms with Gasteiger partial charge in [0.15, 0.2) is 0 Å². The van der Waals surface area contributed by atoms with Gasteiger partial charge in [-0.15, -0.1) is 0 Å². The van der Waals surface area contributed by atoms with Gasteiger partial charge in [0.05, 0.1) is 6.04 Å². The van der Waals surface area contributed by atoms with E-state index in [1.165, 1.54) is 6.92 Å². The van der Waals surface area contributed by atoms with Gasteiger partial charge in [0, 0.05) is 30.2 Å². The maximum absolute atomic E-state index is 12.5. The smallest absolute Gasteiger partial charge is 0.270 e. The van der Waals surface area contributed by atoms with E-state index in [4.69, 9.17) is 0 Å². The van der Waals surface area contributed by atoms with Gasteiger partial charge in [-0.2, -0.15) is 0 Å². The van der Waals surface area contributed by atoms with Crippen molar-refractivity contribution in [2.45, 2.75) is 19.9 Å². The molecule has 1 aromatic heterocycles. The first-order chi connectivity index (χ1) is 13.5. The Hall–Kier alpha value is -3.67. The second-order valence-corrected chi connectivity index (χ2v) is 6.42. The Labute approximate surface area is 164 Å². The molecule has 142 valence electrons. The number of carbonyl (C=O) groups is 2. The second-order valence-electron chi connectivity index (χ2n) is 6.42. The Balaban J connectivity index is 1.66. The molecular formula is C22H22N4O2. The number of anilines is 3. The van der Waals surface area contributed by atoms with Gasteiger partial charge < -0.3 is 16.0 Å². The van der Waals surface area contributed by atoms with E-state index in [1.54, 1.807) is 30.5 Å².